The van der Waals surface area contributed by atoms with Gasteiger partial charge in [0.25, 0.3) is 0 Å². The van der Waals surface area contributed by atoms with E-state index in [-0.39, 0.29) is 17.6 Å². The van der Waals surface area contributed by atoms with Crippen molar-refractivity contribution in [3.05, 3.63) is 69.3 Å². The summed E-state index contributed by atoms with van der Waals surface area (Å²) in [6, 6.07) is 10.3. The number of benzene rings is 1. The molecule has 0 radical (unpaired) electrons. The third-order valence-electron chi connectivity index (χ3n) is 6.93. The monoisotopic (exact) mass is 507 g/mol. The first-order valence-corrected chi connectivity index (χ1v) is 12.9. The summed E-state index contributed by atoms with van der Waals surface area (Å²) in [6.07, 6.45) is 4.33. The Morgan fingerprint density at radius 3 is 2.59 bits per heavy atom. The molecule has 0 bridgehead atoms. The van der Waals surface area contributed by atoms with Crippen LogP contribution in [0, 0.1) is 0 Å². The first-order valence-electron chi connectivity index (χ1n) is 12.9. The minimum atomic E-state index is -0.346. The lowest BCUT2D eigenvalue weighted by Crippen LogP contribution is -2.48. The number of esters is 1. The summed E-state index contributed by atoms with van der Waals surface area (Å²) in [5.41, 5.74) is 2.97. The number of hydrogen-bond donors (Lipinski definition) is 1. The van der Waals surface area contributed by atoms with Gasteiger partial charge >= 0.3 is 11.7 Å². The van der Waals surface area contributed by atoms with Crippen LogP contribution in [0.25, 0.3) is 6.08 Å². The number of aromatic nitrogens is 2. The van der Waals surface area contributed by atoms with E-state index in [2.05, 4.69) is 44.4 Å². The average molecular weight is 508 g/mol. The zero-order chi connectivity index (χ0) is 26.4. The quantitative estimate of drug-likeness (QED) is 0.518. The van der Waals surface area contributed by atoms with Crippen molar-refractivity contribution in [2.24, 2.45) is 0 Å². The molecule has 9 heteroatoms. The maximum atomic E-state index is 13.1. The van der Waals surface area contributed by atoms with Gasteiger partial charge in [-0.3, -0.25) is 9.47 Å². The topological polar surface area (TPSA) is 88.9 Å². The predicted octanol–water partition coefficient (Wildman–Crippen LogP) is 3.09. The molecule has 0 saturated carbocycles. The van der Waals surface area contributed by atoms with E-state index in [0.29, 0.717) is 42.7 Å². The molecule has 37 heavy (non-hydrogen) atoms. The number of rotatable bonds is 9. The number of allylic oxidation sites excluding steroid dienone is 1. The molecule has 2 aliphatic rings. The van der Waals surface area contributed by atoms with Crippen LogP contribution in [0.3, 0.4) is 0 Å². The van der Waals surface area contributed by atoms with Crippen LogP contribution in [0.1, 0.15) is 37.8 Å². The highest BCUT2D eigenvalue weighted by Gasteiger charge is 2.35. The number of fused-ring (bicyclic) bond motifs is 1. The second-order valence-electron chi connectivity index (χ2n) is 9.33. The van der Waals surface area contributed by atoms with Crippen molar-refractivity contribution in [1.29, 1.82) is 0 Å². The zero-order valence-electron chi connectivity index (χ0n) is 22.2. The summed E-state index contributed by atoms with van der Waals surface area (Å²) in [5, 5.41) is 3.33. The third-order valence-corrected chi connectivity index (χ3v) is 6.93. The summed E-state index contributed by atoms with van der Waals surface area (Å²) in [6.45, 7) is 10.7. The molecule has 0 aliphatic carbocycles. The molecule has 1 atom stereocenters. The van der Waals surface area contributed by atoms with Crippen LogP contribution >= 0.6 is 0 Å². The molecular formula is C28H37N5O4. The van der Waals surface area contributed by atoms with Crippen molar-refractivity contribution >= 4 is 23.7 Å². The second-order valence-corrected chi connectivity index (χ2v) is 9.33. The maximum absolute atomic E-state index is 13.1. The molecule has 4 rings (SSSR count). The molecule has 1 aromatic carbocycles. The Balaban J connectivity index is 1.58. The Morgan fingerprint density at radius 1 is 1.19 bits per heavy atom. The lowest BCUT2D eigenvalue weighted by atomic mass is 9.88. The normalized spacial score (nSPS) is 18.2. The highest BCUT2D eigenvalue weighted by molar-refractivity contribution is 5.94. The SMILES string of the molecule is CCOC(=O)C1=C(C)Nc2c(c(N3CCN(C/C=C/c4ccccc4)CC3)nc(=O)n2CCOC)C1C. The highest BCUT2D eigenvalue weighted by atomic mass is 16.5. The van der Waals surface area contributed by atoms with Gasteiger partial charge in [0.05, 0.1) is 25.3 Å². The van der Waals surface area contributed by atoms with Gasteiger partial charge in [0, 0.05) is 57.0 Å². The predicted molar refractivity (Wildman–Crippen MR) is 146 cm³/mol. The molecule has 2 aromatic rings. The van der Waals surface area contributed by atoms with Gasteiger partial charge in [-0.25, -0.2) is 9.59 Å². The standard InChI is InChI=1S/C28H37N5O4/c1-5-37-27(34)23-20(2)24-25(30-28(35)33(18-19-36-4)26(24)29-21(23)3)32-16-14-31(15-17-32)13-9-12-22-10-7-6-8-11-22/h6-12,20,29H,5,13-19H2,1-4H3/b12-9+. The van der Waals surface area contributed by atoms with E-state index >= 15 is 0 Å². The van der Waals surface area contributed by atoms with Crippen molar-refractivity contribution in [2.45, 2.75) is 33.2 Å². The van der Waals surface area contributed by atoms with Crippen molar-refractivity contribution in [3.63, 3.8) is 0 Å². The molecule has 0 spiro atoms. The first-order chi connectivity index (χ1) is 17.9. The van der Waals surface area contributed by atoms with E-state index in [0.717, 1.165) is 38.3 Å². The van der Waals surface area contributed by atoms with Crippen molar-refractivity contribution in [3.8, 4) is 0 Å². The van der Waals surface area contributed by atoms with Gasteiger partial charge < -0.3 is 19.7 Å². The largest absolute Gasteiger partial charge is 0.463 e. The number of nitrogens with one attached hydrogen (secondary N) is 1. The Hall–Kier alpha value is -3.43. The molecule has 9 nitrogen and oxygen atoms in total. The molecule has 1 saturated heterocycles. The summed E-state index contributed by atoms with van der Waals surface area (Å²) in [4.78, 5) is 35.1. The maximum Gasteiger partial charge on any atom is 0.351 e. The van der Waals surface area contributed by atoms with Crippen LogP contribution in [0.15, 0.2) is 52.5 Å². The van der Waals surface area contributed by atoms with Crippen LogP contribution in [-0.4, -0.2) is 73.5 Å². The summed E-state index contributed by atoms with van der Waals surface area (Å²) in [7, 11) is 1.61. The minimum Gasteiger partial charge on any atom is -0.463 e. The van der Waals surface area contributed by atoms with Crippen molar-refractivity contribution in [2.75, 3.05) is 63.3 Å². The number of methoxy groups -OCH3 is 1. The summed E-state index contributed by atoms with van der Waals surface area (Å²) in [5.74, 6) is 0.695. The fourth-order valence-electron chi connectivity index (χ4n) is 5.02. The van der Waals surface area contributed by atoms with Crippen LogP contribution in [0.2, 0.25) is 0 Å². The van der Waals surface area contributed by atoms with Gasteiger partial charge in [0.1, 0.15) is 11.6 Å². The van der Waals surface area contributed by atoms with Crippen molar-refractivity contribution < 1.29 is 14.3 Å². The van der Waals surface area contributed by atoms with Gasteiger partial charge in [-0.05, 0) is 19.4 Å². The van der Waals surface area contributed by atoms with E-state index in [1.807, 2.05) is 32.0 Å². The van der Waals surface area contributed by atoms with E-state index in [4.69, 9.17) is 9.47 Å². The van der Waals surface area contributed by atoms with Gasteiger partial charge in [0.2, 0.25) is 0 Å². The van der Waals surface area contributed by atoms with Crippen LogP contribution in [-0.2, 0) is 20.8 Å². The fourth-order valence-corrected chi connectivity index (χ4v) is 5.02. The number of piperazine rings is 1. The van der Waals surface area contributed by atoms with E-state index in [1.165, 1.54) is 5.56 Å². The Bertz CT molecular complexity index is 1210. The summed E-state index contributed by atoms with van der Waals surface area (Å²) >= 11 is 0. The van der Waals surface area contributed by atoms with Gasteiger partial charge in [-0.2, -0.15) is 4.98 Å². The summed E-state index contributed by atoms with van der Waals surface area (Å²) < 4.78 is 12.2. The molecule has 3 heterocycles. The molecule has 1 unspecified atom stereocenters. The highest BCUT2D eigenvalue weighted by Crippen LogP contribution is 2.41. The van der Waals surface area contributed by atoms with Crippen LogP contribution in [0.4, 0.5) is 11.6 Å². The number of nitrogens with zero attached hydrogens (tertiary/aromatic N) is 4. The lowest BCUT2D eigenvalue weighted by molar-refractivity contribution is -0.138. The number of ether oxygens (including phenoxy) is 2. The average Bonchev–Trinajstić information content (AvgIpc) is 2.89. The Kier molecular flexibility index (Phi) is 8.78. The second kappa shape index (κ2) is 12.2. The molecule has 1 aromatic heterocycles. The molecular weight excluding hydrogens is 470 g/mol. The zero-order valence-corrected chi connectivity index (χ0v) is 22.2. The van der Waals surface area contributed by atoms with E-state index in [1.54, 1.807) is 18.6 Å². The molecule has 198 valence electrons. The molecule has 1 N–H and O–H groups in total. The van der Waals surface area contributed by atoms with Crippen LogP contribution in [0.5, 0.6) is 0 Å². The minimum absolute atomic E-state index is 0.279. The first kappa shape index (κ1) is 26.6. The third kappa shape index (κ3) is 5.94. The molecule has 0 amide bonds. The number of anilines is 2. The number of hydrogen-bond acceptors (Lipinski definition) is 8. The van der Waals surface area contributed by atoms with Gasteiger partial charge in [0.15, 0.2) is 0 Å². The molecule has 2 aliphatic heterocycles. The fraction of sp³-hybridized carbons (Fsp3) is 0.464. The van der Waals surface area contributed by atoms with Gasteiger partial charge in [-0.15, -0.1) is 0 Å². The Labute approximate surface area is 218 Å². The molecule has 1 fully saturated rings. The van der Waals surface area contributed by atoms with Crippen molar-refractivity contribution in [1.82, 2.24) is 14.5 Å². The lowest BCUT2D eigenvalue weighted by Gasteiger charge is -2.38. The Morgan fingerprint density at radius 2 is 1.92 bits per heavy atom. The van der Waals surface area contributed by atoms with E-state index < -0.39 is 0 Å². The van der Waals surface area contributed by atoms with Gasteiger partial charge in [-0.1, -0.05) is 49.4 Å². The van der Waals surface area contributed by atoms with Crippen LogP contribution < -0.4 is 15.9 Å². The number of carbonyl (C=O) groups excluding carboxylic acids is 1. The smallest absolute Gasteiger partial charge is 0.351 e. The van der Waals surface area contributed by atoms with E-state index in [9.17, 15) is 9.59 Å². The number of carbonyl (C=O) groups is 1.